The molecule has 4 rings (SSSR count). The number of rotatable bonds is 9. The third-order valence-electron chi connectivity index (χ3n) is 5.65. The molecule has 3 aliphatic heterocycles. The molecule has 0 bridgehead atoms. The Morgan fingerprint density at radius 1 is 1.27 bits per heavy atom. The molecule has 0 saturated carbocycles. The average Bonchev–Trinajstić information content (AvgIpc) is 3.35. The van der Waals surface area contributed by atoms with Crippen LogP contribution in [0.2, 0.25) is 0 Å². The van der Waals surface area contributed by atoms with Crippen molar-refractivity contribution < 1.29 is 43.0 Å². The summed E-state index contributed by atoms with van der Waals surface area (Å²) in [5.41, 5.74) is 4.98. The number of aromatic nitrogens is 1. The van der Waals surface area contributed by atoms with Crippen molar-refractivity contribution in [3.8, 4) is 0 Å². The monoisotopic (exact) mass is 615 g/mol. The molecule has 3 aliphatic rings. The Morgan fingerprint density at radius 2 is 2.00 bits per heavy atom. The lowest BCUT2D eigenvalue weighted by Gasteiger charge is -2.49. The highest BCUT2D eigenvalue weighted by molar-refractivity contribution is 8.06. The van der Waals surface area contributed by atoms with Gasteiger partial charge in [0.1, 0.15) is 36.7 Å². The van der Waals surface area contributed by atoms with E-state index in [1.54, 1.807) is 26.2 Å². The van der Waals surface area contributed by atoms with E-state index >= 15 is 0 Å². The van der Waals surface area contributed by atoms with Crippen molar-refractivity contribution in [2.45, 2.75) is 37.4 Å². The summed E-state index contributed by atoms with van der Waals surface area (Å²) in [4.78, 5) is 62.4. The number of anilines is 1. The second kappa shape index (κ2) is 12.8. The zero-order chi connectivity index (χ0) is 29.0. The van der Waals surface area contributed by atoms with Crippen LogP contribution >= 0.6 is 34.9 Å². The van der Waals surface area contributed by atoms with Gasteiger partial charge in [-0.3, -0.25) is 19.3 Å². The topological polar surface area (TPSA) is 181 Å². The highest BCUT2D eigenvalue weighted by atomic mass is 32.2. The fraction of sp³-hybridized carbons (Fsp3) is 0.565. The zero-order valence-electron chi connectivity index (χ0n) is 22.2. The molecule has 1 aromatic rings. The van der Waals surface area contributed by atoms with E-state index in [2.05, 4.69) is 15.5 Å². The van der Waals surface area contributed by atoms with Crippen molar-refractivity contribution in [3.63, 3.8) is 0 Å². The highest BCUT2D eigenvalue weighted by Crippen LogP contribution is 2.45. The fourth-order valence-corrected chi connectivity index (χ4v) is 6.97. The van der Waals surface area contributed by atoms with Crippen molar-refractivity contribution in [1.82, 2.24) is 15.2 Å². The van der Waals surface area contributed by atoms with Crippen molar-refractivity contribution in [2.24, 2.45) is 10.6 Å². The lowest BCUT2D eigenvalue weighted by Crippen LogP contribution is -2.71. The molecule has 2 fully saturated rings. The number of thiazole rings is 1. The van der Waals surface area contributed by atoms with E-state index in [0.717, 1.165) is 11.3 Å². The normalized spacial score (nSPS) is 21.9. The number of nitrogens with zero attached hydrogens (tertiary/aromatic N) is 3. The number of carbonyl (C=O) groups is 4. The smallest absolute Gasteiger partial charge is 0.358 e. The van der Waals surface area contributed by atoms with Gasteiger partial charge in [-0.05, 0) is 20.8 Å². The summed E-state index contributed by atoms with van der Waals surface area (Å²) in [7, 11) is 1.28. The van der Waals surface area contributed by atoms with Gasteiger partial charge in [0.15, 0.2) is 10.8 Å². The van der Waals surface area contributed by atoms with Crippen LogP contribution in [0.15, 0.2) is 21.1 Å². The molecular formula is C23H29N5O9S3. The molecule has 0 aliphatic carbocycles. The molecule has 14 nitrogen and oxygen atoms in total. The third kappa shape index (κ3) is 6.71. The molecule has 0 aromatic carbocycles. The molecule has 40 heavy (non-hydrogen) atoms. The number of nitrogens with two attached hydrogens (primary N) is 1. The average molecular weight is 616 g/mol. The SMILES string of the molecule is CO/N=C(\C(=O)NC1C(=O)N2C(C(=O)OCOC(=O)C(C)(C)C)=C(SC3COCOC3)CS[C@H]12)c1csc(N)n1. The van der Waals surface area contributed by atoms with Crippen LogP contribution in [0.25, 0.3) is 0 Å². The quantitative estimate of drug-likeness (QED) is 0.131. The van der Waals surface area contributed by atoms with E-state index < -0.39 is 47.4 Å². The summed E-state index contributed by atoms with van der Waals surface area (Å²) in [6.07, 6.45) is 0. The molecule has 2 amide bonds. The maximum atomic E-state index is 13.3. The van der Waals surface area contributed by atoms with Crippen molar-refractivity contribution in [1.29, 1.82) is 0 Å². The molecule has 17 heteroatoms. The largest absolute Gasteiger partial charge is 0.427 e. The number of amides is 2. The second-order valence-electron chi connectivity index (χ2n) is 9.66. The van der Waals surface area contributed by atoms with Gasteiger partial charge >= 0.3 is 11.9 Å². The number of esters is 2. The number of carbonyl (C=O) groups excluding carboxylic acids is 4. The Labute approximate surface area is 242 Å². The Bertz CT molecular complexity index is 1220. The van der Waals surface area contributed by atoms with Gasteiger partial charge in [-0.1, -0.05) is 5.16 Å². The minimum Gasteiger partial charge on any atom is -0.427 e. The first-order valence-corrected chi connectivity index (χ1v) is 14.8. The standard InChI is InChI=1S/C23H29N5O9S3/c1-23(2,3)21(32)37-10-36-20(31)16-13(40-11-5-34-9-35-6-11)8-38-19-15(18(30)28(16)19)26-17(29)14(27-33-4)12-7-39-22(24)25-12/h7,11,15,19H,5-6,8-10H2,1-4H3,(H2,24,25)(H,26,29)/b27-14-/t15?,19-/m1/s1. The predicted molar refractivity (Wildman–Crippen MR) is 147 cm³/mol. The van der Waals surface area contributed by atoms with Crippen LogP contribution in [0.5, 0.6) is 0 Å². The van der Waals surface area contributed by atoms with Crippen LogP contribution in [0, 0.1) is 5.41 Å². The molecule has 218 valence electrons. The number of nitrogens with one attached hydrogen (secondary N) is 1. The number of ether oxygens (including phenoxy) is 4. The Balaban J connectivity index is 1.50. The molecule has 4 heterocycles. The summed E-state index contributed by atoms with van der Waals surface area (Å²) >= 11 is 3.85. The van der Waals surface area contributed by atoms with Crippen LogP contribution in [0.4, 0.5) is 5.13 Å². The van der Waals surface area contributed by atoms with Gasteiger partial charge in [0.05, 0.1) is 23.9 Å². The van der Waals surface area contributed by atoms with Crippen LogP contribution in [-0.4, -0.2) is 95.7 Å². The van der Waals surface area contributed by atoms with E-state index in [0.29, 0.717) is 23.9 Å². The Morgan fingerprint density at radius 3 is 2.62 bits per heavy atom. The van der Waals surface area contributed by atoms with E-state index in [1.807, 2.05) is 0 Å². The summed E-state index contributed by atoms with van der Waals surface area (Å²) in [5.74, 6) is -2.23. The predicted octanol–water partition coefficient (Wildman–Crippen LogP) is 0.883. The molecule has 3 N–H and O–H groups in total. The summed E-state index contributed by atoms with van der Waals surface area (Å²) < 4.78 is 21.0. The molecule has 2 atom stereocenters. The molecule has 1 aromatic heterocycles. The maximum absolute atomic E-state index is 13.3. The zero-order valence-corrected chi connectivity index (χ0v) is 24.6. The van der Waals surface area contributed by atoms with Crippen LogP contribution in [0.3, 0.4) is 0 Å². The van der Waals surface area contributed by atoms with E-state index in [-0.39, 0.29) is 34.3 Å². The Hall–Kier alpha value is -2.86. The van der Waals surface area contributed by atoms with Gasteiger partial charge in [-0.15, -0.1) is 34.9 Å². The minimum atomic E-state index is -0.954. The van der Waals surface area contributed by atoms with Crippen molar-refractivity contribution >= 4 is 69.5 Å². The maximum Gasteiger partial charge on any atom is 0.358 e. The van der Waals surface area contributed by atoms with Gasteiger partial charge in [0.2, 0.25) is 6.79 Å². The Kier molecular flexibility index (Phi) is 9.60. The van der Waals surface area contributed by atoms with E-state index in [1.165, 1.54) is 35.5 Å². The first-order chi connectivity index (χ1) is 19.0. The summed E-state index contributed by atoms with van der Waals surface area (Å²) in [5, 5.41) is 7.49. The van der Waals surface area contributed by atoms with Gasteiger partial charge < -0.3 is 34.8 Å². The number of oxime groups is 1. The highest BCUT2D eigenvalue weighted by Gasteiger charge is 2.55. The number of hydrogen-bond donors (Lipinski definition) is 2. The van der Waals surface area contributed by atoms with Gasteiger partial charge in [0, 0.05) is 16.0 Å². The number of fused-ring (bicyclic) bond motifs is 1. The van der Waals surface area contributed by atoms with Crippen LogP contribution in [-0.2, 0) is 43.0 Å². The fourth-order valence-electron chi connectivity index (χ4n) is 3.73. The summed E-state index contributed by atoms with van der Waals surface area (Å²) in [6.45, 7) is 5.40. The molecule has 1 unspecified atom stereocenters. The number of nitrogen functional groups attached to an aromatic ring is 1. The third-order valence-corrected chi connectivity index (χ3v) is 9.02. The summed E-state index contributed by atoms with van der Waals surface area (Å²) in [6, 6.07) is -0.954. The van der Waals surface area contributed by atoms with Gasteiger partial charge in [0.25, 0.3) is 11.8 Å². The number of β-lactam (4-membered cyclic amide) rings is 1. The van der Waals surface area contributed by atoms with Crippen LogP contribution < -0.4 is 11.1 Å². The van der Waals surface area contributed by atoms with E-state index in [4.69, 9.17) is 29.5 Å². The molecule has 0 radical (unpaired) electrons. The van der Waals surface area contributed by atoms with Crippen molar-refractivity contribution in [3.05, 3.63) is 21.7 Å². The molecule has 2 saturated heterocycles. The van der Waals surface area contributed by atoms with Crippen molar-refractivity contribution in [2.75, 3.05) is 45.4 Å². The second-order valence-corrected chi connectivity index (χ2v) is 13.0. The number of hydrogen-bond acceptors (Lipinski definition) is 15. The van der Waals surface area contributed by atoms with Gasteiger partial charge in [-0.2, -0.15) is 0 Å². The van der Waals surface area contributed by atoms with Gasteiger partial charge in [-0.25, -0.2) is 9.78 Å². The molecule has 0 spiro atoms. The number of thioether (sulfide) groups is 2. The van der Waals surface area contributed by atoms with Crippen LogP contribution in [0.1, 0.15) is 26.5 Å². The lowest BCUT2D eigenvalue weighted by molar-refractivity contribution is -0.173. The molecular weight excluding hydrogens is 586 g/mol. The lowest BCUT2D eigenvalue weighted by atomic mass is 9.98. The first-order valence-electron chi connectivity index (χ1n) is 12.0. The minimum absolute atomic E-state index is 0.0275. The first kappa shape index (κ1) is 30.1. The van der Waals surface area contributed by atoms with E-state index in [9.17, 15) is 19.2 Å².